The zero-order valence-electron chi connectivity index (χ0n) is 14.8. The van der Waals surface area contributed by atoms with E-state index in [1.54, 1.807) is 26.2 Å². The van der Waals surface area contributed by atoms with Crippen molar-refractivity contribution in [3.8, 4) is 5.75 Å². The number of nitrogens with zero attached hydrogens (tertiary/aromatic N) is 1. The number of ether oxygens (including phenoxy) is 1. The molecule has 2 rings (SSSR count). The van der Waals surface area contributed by atoms with E-state index in [0.29, 0.717) is 12.0 Å². The largest absolute Gasteiger partial charge is 0.496 e. The quantitative estimate of drug-likeness (QED) is 0.633. The van der Waals surface area contributed by atoms with Gasteiger partial charge in [0.05, 0.1) is 18.1 Å². The van der Waals surface area contributed by atoms with Crippen LogP contribution < -0.4 is 10.1 Å². The smallest absolute Gasteiger partial charge is 0.273 e. The molecule has 0 saturated heterocycles. The van der Waals surface area contributed by atoms with Gasteiger partial charge < -0.3 is 10.1 Å². The van der Waals surface area contributed by atoms with E-state index < -0.39 is 4.92 Å². The number of hydrogen-bond donors (Lipinski definition) is 1. The molecule has 0 radical (unpaired) electrons. The maximum atomic E-state index is 12.5. The molecule has 0 fully saturated rings. The summed E-state index contributed by atoms with van der Waals surface area (Å²) in [5.74, 6) is 0.461. The standard InChI is InChI=1S/C19H22N2O4/c1-5-16(14-8-9-18(25-4)13(3)10-14)20-19(22)15-7-6-12(2)17(11-15)21(23)24/h6-11,16H,5H2,1-4H3,(H,20,22). The van der Waals surface area contributed by atoms with Crippen molar-refractivity contribution in [2.75, 3.05) is 7.11 Å². The number of methoxy groups -OCH3 is 1. The van der Waals surface area contributed by atoms with Gasteiger partial charge in [-0.1, -0.05) is 25.1 Å². The second kappa shape index (κ2) is 7.79. The number of hydrogen-bond acceptors (Lipinski definition) is 4. The molecule has 0 saturated carbocycles. The summed E-state index contributed by atoms with van der Waals surface area (Å²) in [6, 6.07) is 10.1. The maximum absolute atomic E-state index is 12.5. The Morgan fingerprint density at radius 1 is 1.20 bits per heavy atom. The second-order valence-corrected chi connectivity index (χ2v) is 5.92. The van der Waals surface area contributed by atoms with Gasteiger partial charge in [-0.05, 0) is 43.5 Å². The van der Waals surface area contributed by atoms with Gasteiger partial charge in [-0.2, -0.15) is 0 Å². The number of nitro groups is 1. The molecule has 0 heterocycles. The number of carbonyl (C=O) groups is 1. The first-order chi connectivity index (χ1) is 11.9. The molecule has 0 aliphatic carbocycles. The molecular formula is C19H22N2O4. The number of nitro benzene ring substituents is 1. The fourth-order valence-corrected chi connectivity index (χ4v) is 2.73. The van der Waals surface area contributed by atoms with Crippen molar-refractivity contribution >= 4 is 11.6 Å². The minimum Gasteiger partial charge on any atom is -0.496 e. The molecule has 0 bridgehead atoms. The van der Waals surface area contributed by atoms with Gasteiger partial charge in [-0.15, -0.1) is 0 Å². The molecule has 0 aliphatic rings. The topological polar surface area (TPSA) is 81.5 Å². The number of aryl methyl sites for hydroxylation is 2. The number of amides is 1. The third-order valence-corrected chi connectivity index (χ3v) is 4.20. The molecule has 1 unspecified atom stereocenters. The maximum Gasteiger partial charge on any atom is 0.273 e. The summed E-state index contributed by atoms with van der Waals surface area (Å²) in [4.78, 5) is 23.1. The molecule has 6 nitrogen and oxygen atoms in total. The van der Waals surface area contributed by atoms with Crippen molar-refractivity contribution in [2.24, 2.45) is 0 Å². The Balaban J connectivity index is 2.24. The highest BCUT2D eigenvalue weighted by Gasteiger charge is 2.18. The van der Waals surface area contributed by atoms with Crippen LogP contribution in [0.2, 0.25) is 0 Å². The number of benzene rings is 2. The first kappa shape index (κ1) is 18.4. The summed E-state index contributed by atoms with van der Waals surface area (Å²) in [7, 11) is 1.62. The molecule has 0 aliphatic heterocycles. The van der Waals surface area contributed by atoms with Gasteiger partial charge in [0.15, 0.2) is 0 Å². The van der Waals surface area contributed by atoms with Crippen LogP contribution in [0.25, 0.3) is 0 Å². The Bertz CT molecular complexity index is 802. The fourth-order valence-electron chi connectivity index (χ4n) is 2.73. The van der Waals surface area contributed by atoms with E-state index in [4.69, 9.17) is 4.74 Å². The van der Waals surface area contributed by atoms with Crippen LogP contribution in [0.15, 0.2) is 36.4 Å². The summed E-state index contributed by atoms with van der Waals surface area (Å²) in [6.07, 6.45) is 0.700. The second-order valence-electron chi connectivity index (χ2n) is 5.92. The lowest BCUT2D eigenvalue weighted by molar-refractivity contribution is -0.385. The minimum atomic E-state index is -0.476. The van der Waals surface area contributed by atoms with Crippen LogP contribution in [0, 0.1) is 24.0 Å². The SMILES string of the molecule is CCC(NC(=O)c1ccc(C)c([N+](=O)[O-])c1)c1ccc(OC)c(C)c1. The van der Waals surface area contributed by atoms with Crippen molar-refractivity contribution in [3.05, 3.63) is 68.8 Å². The van der Waals surface area contributed by atoms with E-state index in [-0.39, 0.29) is 23.2 Å². The van der Waals surface area contributed by atoms with Crippen molar-refractivity contribution in [1.29, 1.82) is 0 Å². The Labute approximate surface area is 147 Å². The van der Waals surface area contributed by atoms with Crippen molar-refractivity contribution < 1.29 is 14.5 Å². The molecule has 1 atom stereocenters. The van der Waals surface area contributed by atoms with E-state index in [9.17, 15) is 14.9 Å². The lowest BCUT2D eigenvalue weighted by Gasteiger charge is -2.19. The highest BCUT2D eigenvalue weighted by atomic mass is 16.6. The third kappa shape index (κ3) is 4.15. The lowest BCUT2D eigenvalue weighted by atomic mass is 10.0. The van der Waals surface area contributed by atoms with Crippen LogP contribution in [0.5, 0.6) is 5.75 Å². The monoisotopic (exact) mass is 342 g/mol. The molecule has 25 heavy (non-hydrogen) atoms. The summed E-state index contributed by atoms with van der Waals surface area (Å²) in [5, 5.41) is 14.0. The van der Waals surface area contributed by atoms with Crippen LogP contribution in [0.3, 0.4) is 0 Å². The van der Waals surface area contributed by atoms with Gasteiger partial charge in [0, 0.05) is 17.2 Å². The summed E-state index contributed by atoms with van der Waals surface area (Å²) in [6.45, 7) is 5.57. The molecule has 132 valence electrons. The highest BCUT2D eigenvalue weighted by Crippen LogP contribution is 2.25. The van der Waals surface area contributed by atoms with Gasteiger partial charge in [-0.3, -0.25) is 14.9 Å². The van der Waals surface area contributed by atoms with Gasteiger partial charge in [-0.25, -0.2) is 0 Å². The van der Waals surface area contributed by atoms with Crippen LogP contribution in [-0.2, 0) is 0 Å². The number of rotatable bonds is 6. The molecule has 6 heteroatoms. The van der Waals surface area contributed by atoms with Gasteiger partial charge in [0.1, 0.15) is 5.75 Å². The third-order valence-electron chi connectivity index (χ3n) is 4.20. The predicted molar refractivity (Wildman–Crippen MR) is 96.1 cm³/mol. The fraction of sp³-hybridized carbons (Fsp3) is 0.316. The normalized spacial score (nSPS) is 11.7. The Morgan fingerprint density at radius 3 is 2.48 bits per heavy atom. The van der Waals surface area contributed by atoms with Crippen molar-refractivity contribution in [1.82, 2.24) is 5.32 Å². The van der Waals surface area contributed by atoms with Crippen LogP contribution in [0.4, 0.5) is 5.69 Å². The lowest BCUT2D eigenvalue weighted by Crippen LogP contribution is -2.28. The van der Waals surface area contributed by atoms with E-state index in [2.05, 4.69) is 5.32 Å². The molecule has 2 aromatic carbocycles. The molecule has 2 aromatic rings. The zero-order chi connectivity index (χ0) is 18.6. The van der Waals surface area contributed by atoms with E-state index in [0.717, 1.165) is 16.9 Å². The highest BCUT2D eigenvalue weighted by molar-refractivity contribution is 5.95. The first-order valence-electron chi connectivity index (χ1n) is 8.07. The predicted octanol–water partition coefficient (Wildman–Crippen LogP) is 4.10. The van der Waals surface area contributed by atoms with Crippen molar-refractivity contribution in [3.63, 3.8) is 0 Å². The van der Waals surface area contributed by atoms with Gasteiger partial charge in [0.25, 0.3) is 11.6 Å². The van der Waals surface area contributed by atoms with Crippen LogP contribution in [-0.4, -0.2) is 17.9 Å². The van der Waals surface area contributed by atoms with Gasteiger partial charge >= 0.3 is 0 Å². The van der Waals surface area contributed by atoms with Crippen LogP contribution in [0.1, 0.15) is 46.4 Å². The summed E-state index contributed by atoms with van der Waals surface area (Å²) in [5.41, 5.74) is 2.70. The Hall–Kier alpha value is -2.89. The minimum absolute atomic E-state index is 0.0546. The Kier molecular flexibility index (Phi) is 5.75. The molecule has 0 spiro atoms. The average molecular weight is 342 g/mol. The summed E-state index contributed by atoms with van der Waals surface area (Å²) < 4.78 is 5.26. The Morgan fingerprint density at radius 2 is 1.92 bits per heavy atom. The summed E-state index contributed by atoms with van der Waals surface area (Å²) >= 11 is 0. The number of carbonyl (C=O) groups excluding carboxylic acids is 1. The zero-order valence-corrected chi connectivity index (χ0v) is 14.8. The molecule has 1 amide bonds. The van der Waals surface area contributed by atoms with E-state index in [1.807, 2.05) is 32.0 Å². The van der Waals surface area contributed by atoms with Gasteiger partial charge in [0.2, 0.25) is 0 Å². The van der Waals surface area contributed by atoms with E-state index >= 15 is 0 Å². The van der Waals surface area contributed by atoms with E-state index in [1.165, 1.54) is 6.07 Å². The molecule has 0 aromatic heterocycles. The van der Waals surface area contributed by atoms with Crippen LogP contribution >= 0.6 is 0 Å². The average Bonchev–Trinajstić information content (AvgIpc) is 2.59. The van der Waals surface area contributed by atoms with Crippen molar-refractivity contribution in [2.45, 2.75) is 33.2 Å². The first-order valence-corrected chi connectivity index (χ1v) is 8.07. The molecule has 1 N–H and O–H groups in total. The molecular weight excluding hydrogens is 320 g/mol. The number of nitrogens with one attached hydrogen (secondary N) is 1.